The van der Waals surface area contributed by atoms with E-state index in [9.17, 15) is 13.2 Å². The first-order chi connectivity index (χ1) is 12.1. The number of carbonyl (C=O) groups excluding carboxylic acids is 1. The van der Waals surface area contributed by atoms with Crippen LogP contribution in [0.3, 0.4) is 0 Å². The van der Waals surface area contributed by atoms with Crippen LogP contribution in [0.25, 0.3) is 0 Å². The van der Waals surface area contributed by atoms with Gasteiger partial charge in [-0.15, -0.1) is 11.3 Å². The van der Waals surface area contributed by atoms with Gasteiger partial charge >= 0.3 is 0 Å². The zero-order valence-corrected chi connectivity index (χ0v) is 15.2. The van der Waals surface area contributed by atoms with Gasteiger partial charge in [-0.25, -0.2) is 18.1 Å². The molecular formula is C15H19N5O3S2. The molecule has 0 aromatic carbocycles. The van der Waals surface area contributed by atoms with Crippen LogP contribution in [-0.4, -0.2) is 61.9 Å². The first-order valence-corrected chi connectivity index (χ1v) is 10.2. The lowest BCUT2D eigenvalue weighted by atomic mass is 10.3. The first kappa shape index (κ1) is 17.8. The molecule has 10 heteroatoms. The molecule has 2 aromatic rings. The van der Waals surface area contributed by atoms with Gasteiger partial charge < -0.3 is 9.80 Å². The fourth-order valence-electron chi connectivity index (χ4n) is 2.58. The third-order valence-corrected chi connectivity index (χ3v) is 6.76. The smallest absolute Gasteiger partial charge is 0.250 e. The zero-order chi connectivity index (χ0) is 17.7. The van der Waals surface area contributed by atoms with Crippen LogP contribution in [0.1, 0.15) is 6.42 Å². The van der Waals surface area contributed by atoms with Crippen LogP contribution in [-0.2, 0) is 14.8 Å². The lowest BCUT2D eigenvalue weighted by Crippen LogP contribution is -2.49. The molecule has 0 bridgehead atoms. The molecule has 8 nitrogen and oxygen atoms in total. The second kappa shape index (κ2) is 7.89. The lowest BCUT2D eigenvalue weighted by Gasteiger charge is -2.35. The average molecular weight is 381 g/mol. The Morgan fingerprint density at radius 3 is 2.68 bits per heavy atom. The van der Waals surface area contributed by atoms with Gasteiger partial charge in [0.25, 0.3) is 0 Å². The van der Waals surface area contributed by atoms with Crippen LogP contribution >= 0.6 is 11.3 Å². The van der Waals surface area contributed by atoms with Gasteiger partial charge in [0, 0.05) is 51.5 Å². The topological polar surface area (TPSA) is 95.5 Å². The number of amides is 1. The third-order valence-electron chi connectivity index (χ3n) is 3.90. The Morgan fingerprint density at radius 2 is 2.04 bits per heavy atom. The normalized spacial score (nSPS) is 15.4. The van der Waals surface area contributed by atoms with Crippen molar-refractivity contribution in [2.75, 3.05) is 37.6 Å². The Hall–Kier alpha value is -2.04. The molecule has 1 amide bonds. The van der Waals surface area contributed by atoms with Crippen molar-refractivity contribution in [3.63, 3.8) is 0 Å². The summed E-state index contributed by atoms with van der Waals surface area (Å²) in [5, 5.41) is 1.70. The average Bonchev–Trinajstić information content (AvgIpc) is 3.18. The van der Waals surface area contributed by atoms with E-state index in [2.05, 4.69) is 19.6 Å². The summed E-state index contributed by atoms with van der Waals surface area (Å²) in [6, 6.07) is 3.22. The van der Waals surface area contributed by atoms with E-state index in [0.717, 1.165) is 17.2 Å². The monoisotopic (exact) mass is 381 g/mol. The summed E-state index contributed by atoms with van der Waals surface area (Å²) in [5.74, 6) is 0.756. The maximum atomic E-state index is 12.3. The van der Waals surface area contributed by atoms with Crippen molar-refractivity contribution >= 4 is 33.1 Å². The Kier molecular flexibility index (Phi) is 5.61. The van der Waals surface area contributed by atoms with E-state index < -0.39 is 10.0 Å². The number of aromatic nitrogens is 2. The van der Waals surface area contributed by atoms with E-state index in [-0.39, 0.29) is 23.1 Å². The van der Waals surface area contributed by atoms with Gasteiger partial charge in [-0.05, 0) is 11.4 Å². The van der Waals surface area contributed by atoms with Gasteiger partial charge in [0.15, 0.2) is 0 Å². The van der Waals surface area contributed by atoms with Crippen LogP contribution < -0.4 is 9.62 Å². The number of nitrogens with zero attached hydrogens (tertiary/aromatic N) is 4. The molecule has 3 heterocycles. The van der Waals surface area contributed by atoms with E-state index in [4.69, 9.17) is 0 Å². The molecule has 2 aromatic heterocycles. The summed E-state index contributed by atoms with van der Waals surface area (Å²) in [5.41, 5.74) is 0. The van der Waals surface area contributed by atoms with Crippen LogP contribution in [0.5, 0.6) is 0 Å². The van der Waals surface area contributed by atoms with Crippen LogP contribution in [0.4, 0.5) is 5.82 Å². The molecule has 1 fully saturated rings. The molecule has 25 heavy (non-hydrogen) atoms. The zero-order valence-electron chi connectivity index (χ0n) is 13.5. The van der Waals surface area contributed by atoms with E-state index in [1.165, 1.54) is 0 Å². The SMILES string of the molecule is O=C(CCNS(=O)(=O)c1cccs1)N1CCN(c2cnccn2)CC1. The number of carbonyl (C=O) groups is 1. The molecule has 0 saturated carbocycles. The number of rotatable bonds is 6. The van der Waals surface area contributed by atoms with Crippen molar-refractivity contribution in [3.8, 4) is 0 Å². The van der Waals surface area contributed by atoms with E-state index in [1.54, 1.807) is 41.0 Å². The standard InChI is InChI=1S/C15H19N5O3S2/c21-14(3-4-18-25(22,23)15-2-1-11-24-15)20-9-7-19(8-10-20)13-12-16-5-6-17-13/h1-2,5-6,11-12,18H,3-4,7-10H2. The summed E-state index contributed by atoms with van der Waals surface area (Å²) >= 11 is 1.15. The van der Waals surface area contributed by atoms with Gasteiger partial charge in [-0.2, -0.15) is 0 Å². The lowest BCUT2D eigenvalue weighted by molar-refractivity contribution is -0.131. The molecule has 1 aliphatic heterocycles. The Labute approximate surface area is 150 Å². The number of thiophene rings is 1. The summed E-state index contributed by atoms with van der Waals surface area (Å²) < 4.78 is 26.7. The molecule has 1 aliphatic rings. The molecular weight excluding hydrogens is 362 g/mol. The maximum absolute atomic E-state index is 12.3. The van der Waals surface area contributed by atoms with Gasteiger partial charge in [0.1, 0.15) is 10.0 Å². The molecule has 0 radical (unpaired) electrons. The molecule has 1 N–H and O–H groups in total. The molecule has 3 rings (SSSR count). The van der Waals surface area contributed by atoms with Crippen molar-refractivity contribution in [1.82, 2.24) is 19.6 Å². The Balaban J connectivity index is 1.44. The predicted octanol–water partition coefficient (Wildman–Crippen LogP) is 0.555. The predicted molar refractivity (Wildman–Crippen MR) is 94.9 cm³/mol. The number of hydrogen-bond acceptors (Lipinski definition) is 7. The summed E-state index contributed by atoms with van der Waals surface area (Å²) in [7, 11) is -3.51. The minimum atomic E-state index is -3.51. The highest BCUT2D eigenvalue weighted by Gasteiger charge is 2.22. The minimum Gasteiger partial charge on any atom is -0.352 e. The number of hydrogen-bond donors (Lipinski definition) is 1. The van der Waals surface area contributed by atoms with Gasteiger partial charge in [0.2, 0.25) is 15.9 Å². The number of sulfonamides is 1. The van der Waals surface area contributed by atoms with Crippen LogP contribution in [0.2, 0.25) is 0 Å². The second-order valence-corrected chi connectivity index (χ2v) is 8.45. The van der Waals surface area contributed by atoms with Crippen LogP contribution in [0, 0.1) is 0 Å². The number of piperazine rings is 1. The summed E-state index contributed by atoms with van der Waals surface area (Å²) in [6.45, 7) is 2.65. The van der Waals surface area contributed by atoms with Crippen molar-refractivity contribution in [1.29, 1.82) is 0 Å². The third kappa shape index (κ3) is 4.53. The minimum absolute atomic E-state index is 0.0484. The van der Waals surface area contributed by atoms with Gasteiger partial charge in [-0.3, -0.25) is 9.78 Å². The van der Waals surface area contributed by atoms with E-state index in [0.29, 0.717) is 26.2 Å². The molecule has 0 aliphatic carbocycles. The molecule has 1 saturated heterocycles. The number of nitrogens with one attached hydrogen (secondary N) is 1. The van der Waals surface area contributed by atoms with Crippen molar-refractivity contribution in [2.24, 2.45) is 0 Å². The molecule has 134 valence electrons. The van der Waals surface area contributed by atoms with Crippen LogP contribution in [0.15, 0.2) is 40.3 Å². The Morgan fingerprint density at radius 1 is 1.24 bits per heavy atom. The largest absolute Gasteiger partial charge is 0.352 e. The fourth-order valence-corrected chi connectivity index (χ4v) is 4.65. The van der Waals surface area contributed by atoms with Crippen molar-refractivity contribution < 1.29 is 13.2 Å². The number of anilines is 1. The highest BCUT2D eigenvalue weighted by atomic mass is 32.2. The van der Waals surface area contributed by atoms with E-state index in [1.807, 2.05) is 0 Å². The van der Waals surface area contributed by atoms with Crippen molar-refractivity contribution in [3.05, 3.63) is 36.1 Å². The highest BCUT2D eigenvalue weighted by Crippen LogP contribution is 2.15. The maximum Gasteiger partial charge on any atom is 0.250 e. The van der Waals surface area contributed by atoms with E-state index >= 15 is 0 Å². The quantitative estimate of drug-likeness (QED) is 0.785. The Bertz CT molecular complexity index is 788. The highest BCUT2D eigenvalue weighted by molar-refractivity contribution is 7.91. The van der Waals surface area contributed by atoms with Crippen molar-refractivity contribution in [2.45, 2.75) is 10.6 Å². The fraction of sp³-hybridized carbons (Fsp3) is 0.400. The second-order valence-electron chi connectivity index (χ2n) is 5.51. The molecule has 0 atom stereocenters. The first-order valence-electron chi connectivity index (χ1n) is 7.88. The van der Waals surface area contributed by atoms with Gasteiger partial charge in [-0.1, -0.05) is 6.07 Å². The summed E-state index contributed by atoms with van der Waals surface area (Å²) in [6.07, 6.45) is 5.12. The van der Waals surface area contributed by atoms with Gasteiger partial charge in [0.05, 0.1) is 6.20 Å². The molecule has 0 unspecified atom stereocenters. The summed E-state index contributed by atoms with van der Waals surface area (Å²) in [4.78, 5) is 24.4. The molecule has 0 spiro atoms.